The molecule has 0 aliphatic rings. The van der Waals surface area contributed by atoms with Gasteiger partial charge in [0.15, 0.2) is 6.10 Å². The van der Waals surface area contributed by atoms with Gasteiger partial charge in [-0.15, -0.1) is 11.3 Å². The number of nitrogens with one attached hydrogen (secondary N) is 1. The number of halogens is 1. The van der Waals surface area contributed by atoms with E-state index in [9.17, 15) is 9.59 Å². The number of carbonyl (C=O) groups is 2. The number of hydrogen-bond donors (Lipinski definition) is 1. The van der Waals surface area contributed by atoms with Gasteiger partial charge in [0.25, 0.3) is 5.91 Å². The van der Waals surface area contributed by atoms with Crippen LogP contribution in [0.1, 0.15) is 21.5 Å². The Bertz CT molecular complexity index is 651. The van der Waals surface area contributed by atoms with Crippen molar-refractivity contribution in [2.45, 2.75) is 20.0 Å². The monoisotopic (exact) mass is 323 g/mol. The first-order chi connectivity index (χ1) is 9.95. The first-order valence-electron chi connectivity index (χ1n) is 6.29. The normalized spacial score (nSPS) is 11.8. The smallest absolute Gasteiger partial charge is 0.349 e. The molecule has 1 unspecified atom stereocenters. The Balaban J connectivity index is 1.93. The molecule has 110 valence electrons. The van der Waals surface area contributed by atoms with Crippen LogP contribution < -0.4 is 5.32 Å². The lowest BCUT2D eigenvalue weighted by Crippen LogP contribution is -2.29. The number of hydrogen-bond acceptors (Lipinski definition) is 4. The van der Waals surface area contributed by atoms with Crippen LogP contribution in [-0.2, 0) is 9.53 Å². The van der Waals surface area contributed by atoms with E-state index in [0.717, 1.165) is 4.88 Å². The lowest BCUT2D eigenvalue weighted by Gasteiger charge is -2.13. The van der Waals surface area contributed by atoms with E-state index in [4.69, 9.17) is 16.3 Å². The molecule has 0 aliphatic heterocycles. The molecule has 0 radical (unpaired) electrons. The summed E-state index contributed by atoms with van der Waals surface area (Å²) in [5, 5.41) is 3.24. The van der Waals surface area contributed by atoms with Gasteiger partial charge in [-0.2, -0.15) is 0 Å². The maximum Gasteiger partial charge on any atom is 0.349 e. The van der Waals surface area contributed by atoms with Gasteiger partial charge < -0.3 is 10.1 Å². The summed E-state index contributed by atoms with van der Waals surface area (Å²) < 4.78 is 5.14. The highest BCUT2D eigenvalue weighted by atomic mass is 35.5. The Morgan fingerprint density at radius 3 is 2.43 bits per heavy atom. The summed E-state index contributed by atoms with van der Waals surface area (Å²) >= 11 is 7.10. The van der Waals surface area contributed by atoms with Crippen LogP contribution in [0.5, 0.6) is 0 Å². The summed E-state index contributed by atoms with van der Waals surface area (Å²) in [4.78, 5) is 25.3. The predicted octanol–water partition coefficient (Wildman–Crippen LogP) is 3.89. The SMILES string of the molecule is Cc1ccc(C(=O)OC(C)C(=O)Nc2ccc(Cl)cc2)s1. The van der Waals surface area contributed by atoms with Gasteiger partial charge >= 0.3 is 5.97 Å². The Hall–Kier alpha value is -1.85. The molecular weight excluding hydrogens is 310 g/mol. The zero-order valence-electron chi connectivity index (χ0n) is 11.6. The summed E-state index contributed by atoms with van der Waals surface area (Å²) in [6.07, 6.45) is -0.879. The molecule has 0 spiro atoms. The van der Waals surface area contributed by atoms with Crippen LogP contribution in [0.25, 0.3) is 0 Å². The number of amides is 1. The van der Waals surface area contributed by atoms with Gasteiger partial charge in [0.05, 0.1) is 0 Å². The van der Waals surface area contributed by atoms with Crippen LogP contribution in [0, 0.1) is 6.92 Å². The number of carbonyl (C=O) groups excluding carboxylic acids is 2. The van der Waals surface area contributed by atoms with Gasteiger partial charge in [0, 0.05) is 15.6 Å². The standard InChI is InChI=1S/C15H14ClNO3S/c1-9-3-8-13(21-9)15(19)20-10(2)14(18)17-12-6-4-11(16)5-7-12/h3-8,10H,1-2H3,(H,17,18). The van der Waals surface area contributed by atoms with Crippen molar-refractivity contribution >= 4 is 40.5 Å². The number of benzene rings is 1. The van der Waals surface area contributed by atoms with E-state index >= 15 is 0 Å². The highest BCUT2D eigenvalue weighted by Gasteiger charge is 2.19. The molecule has 2 rings (SSSR count). The zero-order chi connectivity index (χ0) is 15.4. The molecule has 1 N–H and O–H groups in total. The maximum absolute atomic E-state index is 12.0. The van der Waals surface area contributed by atoms with E-state index in [1.54, 1.807) is 30.3 Å². The summed E-state index contributed by atoms with van der Waals surface area (Å²) in [5.41, 5.74) is 0.597. The fourth-order valence-electron chi connectivity index (χ4n) is 1.59. The molecule has 1 aromatic heterocycles. The average molecular weight is 324 g/mol. The zero-order valence-corrected chi connectivity index (χ0v) is 13.1. The van der Waals surface area contributed by atoms with Crippen molar-refractivity contribution < 1.29 is 14.3 Å². The first-order valence-corrected chi connectivity index (χ1v) is 7.49. The van der Waals surface area contributed by atoms with Crippen LogP contribution in [0.15, 0.2) is 36.4 Å². The van der Waals surface area contributed by atoms with Gasteiger partial charge in [0.2, 0.25) is 0 Å². The van der Waals surface area contributed by atoms with Crippen LogP contribution in [-0.4, -0.2) is 18.0 Å². The van der Waals surface area contributed by atoms with Gasteiger partial charge in [-0.25, -0.2) is 4.79 Å². The fraction of sp³-hybridized carbons (Fsp3) is 0.200. The number of anilines is 1. The minimum atomic E-state index is -0.879. The molecule has 0 bridgehead atoms. The number of esters is 1. The number of rotatable bonds is 4. The van der Waals surface area contributed by atoms with Gasteiger partial charge in [-0.3, -0.25) is 4.79 Å². The Morgan fingerprint density at radius 1 is 1.19 bits per heavy atom. The molecule has 1 atom stereocenters. The van der Waals surface area contributed by atoms with E-state index in [1.165, 1.54) is 18.3 Å². The topological polar surface area (TPSA) is 55.4 Å². The van der Waals surface area contributed by atoms with Crippen LogP contribution in [0.3, 0.4) is 0 Å². The third-order valence-corrected chi connectivity index (χ3v) is 3.94. The van der Waals surface area contributed by atoms with Gasteiger partial charge in [-0.1, -0.05) is 11.6 Å². The van der Waals surface area contributed by atoms with Crippen molar-refractivity contribution in [2.24, 2.45) is 0 Å². The second-order valence-corrected chi connectivity index (χ2v) is 6.18. The van der Waals surface area contributed by atoms with Crippen molar-refractivity contribution in [1.82, 2.24) is 0 Å². The van der Waals surface area contributed by atoms with Crippen LogP contribution >= 0.6 is 22.9 Å². The molecule has 6 heteroatoms. The van der Waals surface area contributed by atoms with Gasteiger partial charge in [0.1, 0.15) is 4.88 Å². The molecule has 0 saturated heterocycles. The highest BCUT2D eigenvalue weighted by Crippen LogP contribution is 2.17. The van der Waals surface area contributed by atoms with Crippen molar-refractivity contribution in [3.8, 4) is 0 Å². The maximum atomic E-state index is 12.0. The largest absolute Gasteiger partial charge is 0.448 e. The Morgan fingerprint density at radius 2 is 1.86 bits per heavy atom. The number of thiophene rings is 1. The molecule has 2 aromatic rings. The average Bonchev–Trinajstić information content (AvgIpc) is 2.88. The van der Waals surface area contributed by atoms with E-state index in [2.05, 4.69) is 5.32 Å². The molecule has 1 amide bonds. The summed E-state index contributed by atoms with van der Waals surface area (Å²) in [5.74, 6) is -0.884. The van der Waals surface area contributed by atoms with E-state index in [-0.39, 0.29) is 5.91 Å². The van der Waals surface area contributed by atoms with E-state index in [1.807, 2.05) is 13.0 Å². The van der Waals surface area contributed by atoms with Gasteiger partial charge in [-0.05, 0) is 50.2 Å². The molecule has 0 fully saturated rings. The Kier molecular flexibility index (Phi) is 4.98. The fourth-order valence-corrected chi connectivity index (χ4v) is 2.47. The highest BCUT2D eigenvalue weighted by molar-refractivity contribution is 7.13. The quantitative estimate of drug-likeness (QED) is 0.868. The first kappa shape index (κ1) is 15.5. The van der Waals surface area contributed by atoms with Crippen molar-refractivity contribution in [3.05, 3.63) is 51.2 Å². The predicted molar refractivity (Wildman–Crippen MR) is 84.0 cm³/mol. The van der Waals surface area contributed by atoms with Crippen molar-refractivity contribution in [2.75, 3.05) is 5.32 Å². The Labute approximate surface area is 131 Å². The lowest BCUT2D eigenvalue weighted by atomic mass is 10.3. The minimum absolute atomic E-state index is 0.390. The summed E-state index contributed by atoms with van der Waals surface area (Å²) in [6.45, 7) is 3.43. The van der Waals surface area contributed by atoms with Crippen molar-refractivity contribution in [3.63, 3.8) is 0 Å². The van der Waals surface area contributed by atoms with Crippen LogP contribution in [0.2, 0.25) is 5.02 Å². The summed E-state index contributed by atoms with van der Waals surface area (Å²) in [7, 11) is 0. The number of ether oxygens (including phenoxy) is 1. The lowest BCUT2D eigenvalue weighted by molar-refractivity contribution is -0.123. The van der Waals surface area contributed by atoms with E-state index < -0.39 is 12.1 Å². The molecule has 4 nitrogen and oxygen atoms in total. The second-order valence-electron chi connectivity index (χ2n) is 4.45. The van der Waals surface area contributed by atoms with E-state index in [0.29, 0.717) is 15.6 Å². The van der Waals surface area contributed by atoms with Crippen molar-refractivity contribution in [1.29, 1.82) is 0 Å². The molecule has 1 heterocycles. The molecule has 1 aromatic carbocycles. The molecule has 0 aliphatic carbocycles. The molecular formula is C15H14ClNO3S. The molecule has 21 heavy (non-hydrogen) atoms. The van der Waals surface area contributed by atoms with Crippen LogP contribution in [0.4, 0.5) is 5.69 Å². The summed E-state index contributed by atoms with van der Waals surface area (Å²) in [6, 6.07) is 10.2. The number of aryl methyl sites for hydroxylation is 1. The third-order valence-electron chi connectivity index (χ3n) is 2.71. The second kappa shape index (κ2) is 6.74. The minimum Gasteiger partial charge on any atom is -0.448 e. The third kappa shape index (κ3) is 4.31. The molecule has 0 saturated carbocycles.